The third kappa shape index (κ3) is 2.16. The summed E-state index contributed by atoms with van der Waals surface area (Å²) in [6, 6.07) is 8.59. The summed E-state index contributed by atoms with van der Waals surface area (Å²) in [5.41, 5.74) is 10.9. The number of rotatable bonds is 2. The molecule has 0 saturated carbocycles. The zero-order valence-corrected chi connectivity index (χ0v) is 11.7. The molecule has 0 radical (unpaired) electrons. The number of hydrogen-bond donors (Lipinski definition) is 1. The van der Waals surface area contributed by atoms with Crippen molar-refractivity contribution >= 4 is 17.0 Å². The first-order valence-corrected chi connectivity index (χ1v) is 7.09. The van der Waals surface area contributed by atoms with E-state index in [1.807, 2.05) is 17.4 Å². The Morgan fingerprint density at radius 3 is 2.67 bits per heavy atom. The minimum atomic E-state index is 0.874. The Balaban J connectivity index is 1.74. The average molecular weight is 258 g/mol. The number of benzene rings is 1. The van der Waals surface area contributed by atoms with Gasteiger partial charge in [-0.05, 0) is 48.7 Å². The summed E-state index contributed by atoms with van der Waals surface area (Å²) in [7, 11) is 0. The van der Waals surface area contributed by atoms with Gasteiger partial charge in [0.25, 0.3) is 0 Å². The van der Waals surface area contributed by atoms with Crippen LogP contribution in [0.4, 0.5) is 5.69 Å². The first-order valence-electron chi connectivity index (χ1n) is 6.27. The molecule has 0 aliphatic carbocycles. The molecule has 1 aliphatic rings. The second-order valence-corrected chi connectivity index (χ2v) is 6.47. The van der Waals surface area contributed by atoms with Gasteiger partial charge in [-0.15, -0.1) is 11.3 Å². The van der Waals surface area contributed by atoms with Gasteiger partial charge in [0.1, 0.15) is 0 Å². The van der Waals surface area contributed by atoms with E-state index < -0.39 is 0 Å². The van der Waals surface area contributed by atoms with Gasteiger partial charge in [-0.3, -0.25) is 4.90 Å². The van der Waals surface area contributed by atoms with Crippen molar-refractivity contribution in [3.05, 3.63) is 50.7 Å². The van der Waals surface area contributed by atoms with Gasteiger partial charge < -0.3 is 5.73 Å². The third-order valence-corrected chi connectivity index (χ3v) is 4.75. The molecule has 2 nitrogen and oxygen atoms in total. The van der Waals surface area contributed by atoms with Gasteiger partial charge in [-0.2, -0.15) is 0 Å². The van der Waals surface area contributed by atoms with Gasteiger partial charge in [-0.1, -0.05) is 6.07 Å². The van der Waals surface area contributed by atoms with Gasteiger partial charge in [0.2, 0.25) is 0 Å². The Morgan fingerprint density at radius 1 is 1.17 bits per heavy atom. The topological polar surface area (TPSA) is 29.3 Å². The Morgan fingerprint density at radius 2 is 1.94 bits per heavy atom. The van der Waals surface area contributed by atoms with Gasteiger partial charge >= 0.3 is 0 Å². The second kappa shape index (κ2) is 4.41. The summed E-state index contributed by atoms with van der Waals surface area (Å²) in [5, 5.41) is 0. The van der Waals surface area contributed by atoms with Crippen molar-refractivity contribution in [1.82, 2.24) is 4.90 Å². The fourth-order valence-electron chi connectivity index (χ4n) is 2.54. The third-order valence-electron chi connectivity index (χ3n) is 3.61. The number of hydrogen-bond acceptors (Lipinski definition) is 3. The van der Waals surface area contributed by atoms with E-state index in [-0.39, 0.29) is 0 Å². The molecule has 0 saturated heterocycles. The fourth-order valence-corrected chi connectivity index (χ4v) is 3.64. The zero-order chi connectivity index (χ0) is 12.7. The monoisotopic (exact) mass is 258 g/mol. The number of nitrogen functional groups attached to an aromatic ring is 1. The van der Waals surface area contributed by atoms with Crippen LogP contribution < -0.4 is 5.73 Å². The SMILES string of the molecule is Cc1cc(CN2Cc3ccc(N)cc3C2)sc1C. The molecule has 1 aromatic heterocycles. The van der Waals surface area contributed by atoms with Crippen LogP contribution in [0, 0.1) is 13.8 Å². The van der Waals surface area contributed by atoms with Gasteiger partial charge in [0, 0.05) is 35.1 Å². The predicted octanol–water partition coefficient (Wildman–Crippen LogP) is 3.46. The molecule has 94 valence electrons. The van der Waals surface area contributed by atoms with Crippen molar-refractivity contribution in [2.75, 3.05) is 5.73 Å². The van der Waals surface area contributed by atoms with E-state index in [1.165, 1.54) is 26.4 Å². The fraction of sp³-hybridized carbons (Fsp3) is 0.333. The molecule has 2 N–H and O–H groups in total. The molecule has 0 spiro atoms. The van der Waals surface area contributed by atoms with E-state index in [0.29, 0.717) is 0 Å². The van der Waals surface area contributed by atoms with E-state index >= 15 is 0 Å². The summed E-state index contributed by atoms with van der Waals surface area (Å²) < 4.78 is 0. The lowest BCUT2D eigenvalue weighted by atomic mass is 10.1. The Hall–Kier alpha value is -1.32. The first kappa shape index (κ1) is 11.8. The van der Waals surface area contributed by atoms with Crippen molar-refractivity contribution in [3.63, 3.8) is 0 Å². The minimum Gasteiger partial charge on any atom is -0.399 e. The van der Waals surface area contributed by atoms with E-state index in [2.05, 4.69) is 36.9 Å². The first-order chi connectivity index (χ1) is 8.61. The highest BCUT2D eigenvalue weighted by Crippen LogP contribution is 2.28. The number of aryl methyl sites for hydroxylation is 2. The lowest BCUT2D eigenvalue weighted by Gasteiger charge is -2.12. The summed E-state index contributed by atoms with van der Waals surface area (Å²) in [5.74, 6) is 0. The number of nitrogens with two attached hydrogens (primary N) is 1. The predicted molar refractivity (Wildman–Crippen MR) is 77.6 cm³/mol. The van der Waals surface area contributed by atoms with E-state index in [0.717, 1.165) is 25.3 Å². The van der Waals surface area contributed by atoms with E-state index in [9.17, 15) is 0 Å². The average Bonchev–Trinajstić information content (AvgIpc) is 2.82. The smallest absolute Gasteiger partial charge is 0.0335 e. The highest BCUT2D eigenvalue weighted by Gasteiger charge is 2.19. The number of thiophene rings is 1. The molecular weight excluding hydrogens is 240 g/mol. The van der Waals surface area contributed by atoms with Crippen LogP contribution in [0.5, 0.6) is 0 Å². The molecule has 3 rings (SSSR count). The van der Waals surface area contributed by atoms with Crippen LogP contribution in [-0.4, -0.2) is 4.90 Å². The normalized spacial score (nSPS) is 15.0. The highest BCUT2D eigenvalue weighted by molar-refractivity contribution is 7.12. The van der Waals surface area contributed by atoms with Crippen LogP contribution in [0.1, 0.15) is 26.4 Å². The molecule has 0 fully saturated rings. The number of anilines is 1. The Kier molecular flexibility index (Phi) is 2.88. The molecule has 0 atom stereocenters. The van der Waals surface area contributed by atoms with Crippen molar-refractivity contribution in [1.29, 1.82) is 0 Å². The summed E-state index contributed by atoms with van der Waals surface area (Å²) in [4.78, 5) is 5.38. The van der Waals surface area contributed by atoms with Crippen molar-refractivity contribution in [3.8, 4) is 0 Å². The van der Waals surface area contributed by atoms with Crippen LogP contribution in [0.2, 0.25) is 0 Å². The Bertz CT molecular complexity index is 567. The van der Waals surface area contributed by atoms with Gasteiger partial charge in [0.15, 0.2) is 0 Å². The molecule has 1 aromatic carbocycles. The molecule has 0 unspecified atom stereocenters. The summed E-state index contributed by atoms with van der Waals surface area (Å²) in [6.07, 6.45) is 0. The quantitative estimate of drug-likeness (QED) is 0.836. The van der Waals surface area contributed by atoms with Crippen LogP contribution in [-0.2, 0) is 19.6 Å². The molecule has 0 bridgehead atoms. The lowest BCUT2D eigenvalue weighted by Crippen LogP contribution is -2.14. The van der Waals surface area contributed by atoms with Crippen molar-refractivity contribution in [2.45, 2.75) is 33.5 Å². The highest BCUT2D eigenvalue weighted by atomic mass is 32.1. The van der Waals surface area contributed by atoms with Crippen LogP contribution in [0.15, 0.2) is 24.3 Å². The van der Waals surface area contributed by atoms with Gasteiger partial charge in [0.05, 0.1) is 0 Å². The molecule has 3 heteroatoms. The zero-order valence-electron chi connectivity index (χ0n) is 10.9. The molecule has 1 aliphatic heterocycles. The van der Waals surface area contributed by atoms with E-state index in [4.69, 9.17) is 5.73 Å². The van der Waals surface area contributed by atoms with Crippen LogP contribution in [0.25, 0.3) is 0 Å². The summed E-state index contributed by atoms with van der Waals surface area (Å²) in [6.45, 7) is 7.51. The Labute approximate surface area is 112 Å². The minimum absolute atomic E-state index is 0.874. The molecule has 18 heavy (non-hydrogen) atoms. The number of fused-ring (bicyclic) bond motifs is 1. The molecular formula is C15H18N2S. The number of nitrogens with zero attached hydrogens (tertiary/aromatic N) is 1. The van der Waals surface area contributed by atoms with Crippen LogP contribution >= 0.6 is 11.3 Å². The van der Waals surface area contributed by atoms with Crippen molar-refractivity contribution < 1.29 is 0 Å². The maximum atomic E-state index is 5.84. The molecule has 2 aromatic rings. The van der Waals surface area contributed by atoms with E-state index in [1.54, 1.807) is 0 Å². The van der Waals surface area contributed by atoms with Crippen molar-refractivity contribution in [2.24, 2.45) is 0 Å². The van der Waals surface area contributed by atoms with Gasteiger partial charge in [-0.25, -0.2) is 0 Å². The maximum absolute atomic E-state index is 5.84. The molecule has 0 amide bonds. The summed E-state index contributed by atoms with van der Waals surface area (Å²) >= 11 is 1.92. The standard InChI is InChI=1S/C15H18N2S/c1-10-5-15(18-11(10)2)9-17-7-12-3-4-14(16)6-13(12)8-17/h3-6H,7-9,16H2,1-2H3. The van der Waals surface area contributed by atoms with Crippen LogP contribution in [0.3, 0.4) is 0 Å². The second-order valence-electron chi connectivity index (χ2n) is 5.13. The molecule has 2 heterocycles. The maximum Gasteiger partial charge on any atom is 0.0335 e. The lowest BCUT2D eigenvalue weighted by molar-refractivity contribution is 0.278. The largest absolute Gasteiger partial charge is 0.399 e.